The Hall–Kier alpha value is -3.36. The van der Waals surface area contributed by atoms with Gasteiger partial charge in [0.2, 0.25) is 0 Å². The van der Waals surface area contributed by atoms with Crippen molar-refractivity contribution in [3.05, 3.63) is 60.3 Å². The fourth-order valence-electron chi connectivity index (χ4n) is 4.30. The number of benzene rings is 2. The summed E-state index contributed by atoms with van der Waals surface area (Å²) in [5.41, 5.74) is 5.64. The van der Waals surface area contributed by atoms with E-state index in [9.17, 15) is 0 Å². The summed E-state index contributed by atoms with van der Waals surface area (Å²) in [4.78, 5) is 4.73. The maximum Gasteiger partial charge on any atom is 0.494 e. The van der Waals surface area contributed by atoms with Crippen LogP contribution in [0.4, 0.5) is 0 Å². The minimum atomic E-state index is -0.396. The SMILES string of the molecule is COc1ccc(-c2ccc3nc(C)c(-c4ccc(B5OC(C)(C)C(C)(C)O5)cc4)n3n2)cc1OC. The molecule has 1 saturated heterocycles. The van der Waals surface area contributed by atoms with Crippen molar-refractivity contribution in [1.82, 2.24) is 14.6 Å². The molecule has 0 atom stereocenters. The monoisotopic (exact) mass is 471 g/mol. The number of nitrogens with zero attached hydrogens (tertiary/aromatic N) is 3. The van der Waals surface area contributed by atoms with Gasteiger partial charge in [0, 0.05) is 11.1 Å². The number of imidazole rings is 1. The van der Waals surface area contributed by atoms with Crippen LogP contribution in [0.5, 0.6) is 11.5 Å². The Kier molecular flexibility index (Phi) is 5.61. The molecule has 3 heterocycles. The molecule has 35 heavy (non-hydrogen) atoms. The summed E-state index contributed by atoms with van der Waals surface area (Å²) < 4.78 is 25.1. The molecule has 4 aromatic rings. The Morgan fingerprint density at radius 1 is 0.800 bits per heavy atom. The van der Waals surface area contributed by atoms with Crippen LogP contribution in [0.25, 0.3) is 28.2 Å². The average Bonchev–Trinajstić information content (AvgIpc) is 3.28. The summed E-state index contributed by atoms with van der Waals surface area (Å²) in [6.45, 7) is 10.2. The van der Waals surface area contributed by atoms with Crippen molar-refractivity contribution in [3.63, 3.8) is 0 Å². The van der Waals surface area contributed by atoms with Gasteiger partial charge in [0.25, 0.3) is 0 Å². The van der Waals surface area contributed by atoms with Crippen LogP contribution in [-0.4, -0.2) is 47.1 Å². The molecular formula is C27H30BN3O4. The van der Waals surface area contributed by atoms with E-state index in [0.29, 0.717) is 11.5 Å². The lowest BCUT2D eigenvalue weighted by Crippen LogP contribution is -2.41. The maximum atomic E-state index is 6.20. The second-order valence-electron chi connectivity index (χ2n) is 9.81. The van der Waals surface area contributed by atoms with Crippen molar-refractivity contribution in [2.75, 3.05) is 14.2 Å². The van der Waals surface area contributed by atoms with Crippen LogP contribution in [0.3, 0.4) is 0 Å². The van der Waals surface area contributed by atoms with Gasteiger partial charge in [0.05, 0.1) is 42.5 Å². The molecule has 0 radical (unpaired) electrons. The summed E-state index contributed by atoms with van der Waals surface area (Å²) in [5, 5.41) is 4.92. The molecule has 5 rings (SSSR count). The first-order valence-corrected chi connectivity index (χ1v) is 11.7. The lowest BCUT2D eigenvalue weighted by Gasteiger charge is -2.32. The van der Waals surface area contributed by atoms with Gasteiger partial charge in [-0.3, -0.25) is 0 Å². The van der Waals surface area contributed by atoms with E-state index in [1.54, 1.807) is 14.2 Å². The number of aromatic nitrogens is 3. The first kappa shape index (κ1) is 23.4. The van der Waals surface area contributed by atoms with E-state index in [2.05, 4.69) is 52.0 Å². The predicted molar refractivity (Wildman–Crippen MR) is 137 cm³/mol. The maximum absolute atomic E-state index is 6.20. The molecule has 0 unspecified atom stereocenters. The molecule has 0 spiro atoms. The summed E-state index contributed by atoms with van der Waals surface area (Å²) >= 11 is 0. The van der Waals surface area contributed by atoms with Gasteiger partial charge in [-0.05, 0) is 70.4 Å². The van der Waals surface area contributed by atoms with Gasteiger partial charge in [-0.15, -0.1) is 0 Å². The Morgan fingerprint density at radius 3 is 2.06 bits per heavy atom. The third-order valence-corrected chi connectivity index (χ3v) is 7.04. The zero-order chi connectivity index (χ0) is 25.0. The predicted octanol–water partition coefficient (Wildman–Crippen LogP) is 4.69. The second-order valence-corrected chi connectivity index (χ2v) is 9.81. The minimum absolute atomic E-state index is 0.376. The van der Waals surface area contributed by atoms with Gasteiger partial charge in [-0.2, -0.15) is 5.10 Å². The number of hydrogen-bond donors (Lipinski definition) is 0. The fraction of sp³-hybridized carbons (Fsp3) is 0.333. The van der Waals surface area contributed by atoms with E-state index in [1.807, 2.05) is 41.8 Å². The third kappa shape index (κ3) is 3.96. The normalized spacial score (nSPS) is 16.6. The first-order chi connectivity index (χ1) is 16.6. The van der Waals surface area contributed by atoms with Crippen LogP contribution >= 0.6 is 0 Å². The Morgan fingerprint density at radius 2 is 1.43 bits per heavy atom. The van der Waals surface area contributed by atoms with Crippen LogP contribution in [-0.2, 0) is 9.31 Å². The molecule has 0 N–H and O–H groups in total. The van der Waals surface area contributed by atoms with Crippen LogP contribution in [0.15, 0.2) is 54.6 Å². The van der Waals surface area contributed by atoms with E-state index >= 15 is 0 Å². The highest BCUT2D eigenvalue weighted by Gasteiger charge is 2.51. The quantitative estimate of drug-likeness (QED) is 0.394. The van der Waals surface area contributed by atoms with Crippen LogP contribution in [0.2, 0.25) is 0 Å². The van der Waals surface area contributed by atoms with Crippen molar-refractivity contribution >= 4 is 18.2 Å². The molecule has 180 valence electrons. The molecule has 1 fully saturated rings. The molecule has 0 amide bonds. The van der Waals surface area contributed by atoms with Crippen LogP contribution < -0.4 is 14.9 Å². The van der Waals surface area contributed by atoms with Crippen molar-refractivity contribution in [3.8, 4) is 34.0 Å². The van der Waals surface area contributed by atoms with E-state index < -0.39 is 7.12 Å². The standard InChI is InChI=1S/C27H30BN3O4/c1-17-25(18-8-11-20(12-9-18)28-34-26(2,3)27(4,5)35-28)31-24(29-17)15-13-21(30-31)19-10-14-22(32-6)23(16-19)33-7/h8-16H,1-7H3. The molecule has 2 aromatic carbocycles. The summed E-state index contributed by atoms with van der Waals surface area (Å²) in [6.07, 6.45) is 0. The molecule has 0 aliphatic carbocycles. The zero-order valence-corrected chi connectivity index (χ0v) is 21.2. The van der Waals surface area contributed by atoms with Crippen LogP contribution in [0.1, 0.15) is 33.4 Å². The summed E-state index contributed by atoms with van der Waals surface area (Å²) in [5.74, 6) is 1.34. The van der Waals surface area contributed by atoms with Crippen molar-refractivity contribution < 1.29 is 18.8 Å². The molecule has 0 bridgehead atoms. The Balaban J connectivity index is 1.51. The lowest BCUT2D eigenvalue weighted by molar-refractivity contribution is 0.00578. The van der Waals surface area contributed by atoms with Gasteiger partial charge < -0.3 is 18.8 Å². The topological polar surface area (TPSA) is 67.1 Å². The van der Waals surface area contributed by atoms with Crippen LogP contribution in [0, 0.1) is 6.92 Å². The average molecular weight is 471 g/mol. The van der Waals surface area contributed by atoms with E-state index in [1.165, 1.54) is 0 Å². The van der Waals surface area contributed by atoms with E-state index in [4.69, 9.17) is 28.9 Å². The first-order valence-electron chi connectivity index (χ1n) is 11.7. The Labute approximate surface area is 206 Å². The number of rotatable bonds is 5. The lowest BCUT2D eigenvalue weighted by atomic mass is 9.78. The molecular weight excluding hydrogens is 441 g/mol. The zero-order valence-electron chi connectivity index (χ0n) is 21.2. The van der Waals surface area contributed by atoms with E-state index in [-0.39, 0.29) is 11.2 Å². The molecule has 8 heteroatoms. The third-order valence-electron chi connectivity index (χ3n) is 7.04. The van der Waals surface area contributed by atoms with Gasteiger partial charge in [0.15, 0.2) is 17.1 Å². The molecule has 7 nitrogen and oxygen atoms in total. The smallest absolute Gasteiger partial charge is 0.493 e. The van der Waals surface area contributed by atoms with Crippen molar-refractivity contribution in [1.29, 1.82) is 0 Å². The molecule has 2 aromatic heterocycles. The van der Waals surface area contributed by atoms with Crippen molar-refractivity contribution in [2.45, 2.75) is 45.8 Å². The fourth-order valence-corrected chi connectivity index (χ4v) is 4.30. The molecule has 0 saturated carbocycles. The highest BCUT2D eigenvalue weighted by Crippen LogP contribution is 2.37. The molecule has 1 aliphatic heterocycles. The largest absolute Gasteiger partial charge is 0.494 e. The highest BCUT2D eigenvalue weighted by atomic mass is 16.7. The number of hydrogen-bond acceptors (Lipinski definition) is 6. The van der Waals surface area contributed by atoms with E-state index in [0.717, 1.165) is 39.3 Å². The number of fused-ring (bicyclic) bond motifs is 1. The highest BCUT2D eigenvalue weighted by molar-refractivity contribution is 6.62. The Bertz CT molecular complexity index is 1380. The van der Waals surface area contributed by atoms with Gasteiger partial charge in [-0.1, -0.05) is 24.3 Å². The summed E-state index contributed by atoms with van der Waals surface area (Å²) in [7, 11) is 2.86. The number of methoxy groups -OCH3 is 2. The second kappa shape index (κ2) is 8.39. The summed E-state index contributed by atoms with van der Waals surface area (Å²) in [6, 6.07) is 18.0. The minimum Gasteiger partial charge on any atom is -0.493 e. The van der Waals surface area contributed by atoms with Crippen molar-refractivity contribution in [2.24, 2.45) is 0 Å². The number of ether oxygens (including phenoxy) is 2. The number of aryl methyl sites for hydroxylation is 1. The van der Waals surface area contributed by atoms with Gasteiger partial charge in [0.1, 0.15) is 0 Å². The van der Waals surface area contributed by atoms with Gasteiger partial charge >= 0.3 is 7.12 Å². The van der Waals surface area contributed by atoms with Gasteiger partial charge in [-0.25, -0.2) is 9.50 Å². The molecule has 1 aliphatic rings.